The van der Waals surface area contributed by atoms with Crippen molar-refractivity contribution in [2.75, 3.05) is 13.2 Å². The molecule has 0 bridgehead atoms. The standard InChI is InChI=1S/C28H43O4P/c1-3-5-6-7-8-16-24-29-26(18-4-2)19-15-17-25-30-33(31-27-20-11-9-12-21-27)32-28-22-13-10-14-23-28/h9-14,20-23,26H,3-8,15-19,24-25H2,1-2H3. The molecule has 0 spiro atoms. The van der Waals surface area contributed by atoms with E-state index in [0.29, 0.717) is 12.7 Å². The molecule has 1 unspecified atom stereocenters. The van der Waals surface area contributed by atoms with Crippen molar-refractivity contribution in [3.63, 3.8) is 0 Å². The van der Waals surface area contributed by atoms with Crippen molar-refractivity contribution < 1.29 is 18.3 Å². The minimum Gasteiger partial charge on any atom is -0.418 e. The fourth-order valence-electron chi connectivity index (χ4n) is 3.58. The zero-order chi connectivity index (χ0) is 23.4. The van der Waals surface area contributed by atoms with Crippen LogP contribution < -0.4 is 9.05 Å². The van der Waals surface area contributed by atoms with Crippen LogP contribution in [0.5, 0.6) is 11.5 Å². The SMILES string of the molecule is CCCCCCCCOC(CCC)CCCCOP(Oc1ccccc1)Oc1ccccc1. The average Bonchev–Trinajstić information content (AvgIpc) is 2.84. The number of ether oxygens (including phenoxy) is 1. The monoisotopic (exact) mass is 474 g/mol. The van der Waals surface area contributed by atoms with Crippen molar-refractivity contribution in [1.82, 2.24) is 0 Å². The number of hydrogen-bond acceptors (Lipinski definition) is 4. The molecule has 0 aliphatic carbocycles. The normalized spacial score (nSPS) is 12.1. The Bertz CT molecular complexity index is 641. The highest BCUT2D eigenvalue weighted by Crippen LogP contribution is 2.41. The van der Waals surface area contributed by atoms with Crippen LogP contribution in [0.1, 0.15) is 84.5 Å². The van der Waals surface area contributed by atoms with Gasteiger partial charge in [0.2, 0.25) is 0 Å². The van der Waals surface area contributed by atoms with Gasteiger partial charge in [-0.25, -0.2) is 0 Å². The molecule has 0 saturated carbocycles. The number of rotatable bonds is 20. The van der Waals surface area contributed by atoms with E-state index in [1.807, 2.05) is 60.7 Å². The van der Waals surface area contributed by atoms with Gasteiger partial charge in [0, 0.05) is 6.61 Å². The summed E-state index contributed by atoms with van der Waals surface area (Å²) in [7, 11) is -1.50. The molecule has 0 heterocycles. The summed E-state index contributed by atoms with van der Waals surface area (Å²) < 4.78 is 24.2. The molecule has 0 fully saturated rings. The van der Waals surface area contributed by atoms with Gasteiger partial charge in [0.25, 0.3) is 0 Å². The Morgan fingerprint density at radius 2 is 1.18 bits per heavy atom. The van der Waals surface area contributed by atoms with Crippen molar-refractivity contribution in [3.8, 4) is 11.5 Å². The van der Waals surface area contributed by atoms with E-state index in [1.54, 1.807) is 0 Å². The Morgan fingerprint density at radius 3 is 1.79 bits per heavy atom. The molecule has 0 aliphatic rings. The van der Waals surface area contributed by atoms with E-state index in [0.717, 1.165) is 43.8 Å². The van der Waals surface area contributed by atoms with Gasteiger partial charge >= 0.3 is 8.60 Å². The van der Waals surface area contributed by atoms with E-state index in [1.165, 1.54) is 44.9 Å². The minimum absolute atomic E-state index is 0.369. The Morgan fingerprint density at radius 1 is 0.606 bits per heavy atom. The molecule has 2 rings (SSSR count). The van der Waals surface area contributed by atoms with Crippen LogP contribution in [0.15, 0.2) is 60.7 Å². The Kier molecular flexibility index (Phi) is 15.7. The van der Waals surface area contributed by atoms with Gasteiger partial charge in [-0.2, -0.15) is 0 Å². The predicted octanol–water partition coefficient (Wildman–Crippen LogP) is 9.10. The van der Waals surface area contributed by atoms with Crippen LogP contribution in [0.3, 0.4) is 0 Å². The number of hydrogen-bond donors (Lipinski definition) is 0. The third-order valence-corrected chi connectivity index (χ3v) is 6.54. The average molecular weight is 475 g/mol. The largest absolute Gasteiger partial charge is 0.463 e. The van der Waals surface area contributed by atoms with Crippen molar-refractivity contribution >= 4 is 8.60 Å². The number of unbranched alkanes of at least 4 members (excludes halogenated alkanes) is 6. The molecular weight excluding hydrogens is 431 g/mol. The first-order chi connectivity index (χ1) is 16.3. The van der Waals surface area contributed by atoms with Gasteiger partial charge in [0.15, 0.2) is 0 Å². The predicted molar refractivity (Wildman–Crippen MR) is 139 cm³/mol. The summed E-state index contributed by atoms with van der Waals surface area (Å²) in [5, 5.41) is 0. The van der Waals surface area contributed by atoms with E-state index in [2.05, 4.69) is 13.8 Å². The van der Waals surface area contributed by atoms with Gasteiger partial charge in [-0.05, 0) is 56.4 Å². The smallest absolute Gasteiger partial charge is 0.418 e. The zero-order valence-corrected chi connectivity index (χ0v) is 21.5. The van der Waals surface area contributed by atoms with Crippen LogP contribution >= 0.6 is 8.60 Å². The maximum Gasteiger partial charge on any atom is 0.463 e. The molecular formula is C28H43O4P. The molecule has 0 radical (unpaired) electrons. The van der Waals surface area contributed by atoms with Crippen molar-refractivity contribution in [3.05, 3.63) is 60.7 Å². The number of benzene rings is 2. The van der Waals surface area contributed by atoms with Gasteiger partial charge in [-0.3, -0.25) is 4.52 Å². The van der Waals surface area contributed by atoms with Gasteiger partial charge in [-0.15, -0.1) is 0 Å². The second kappa shape index (κ2) is 18.8. The van der Waals surface area contributed by atoms with Crippen LogP contribution in [-0.4, -0.2) is 19.3 Å². The topological polar surface area (TPSA) is 36.9 Å². The van der Waals surface area contributed by atoms with E-state index >= 15 is 0 Å². The van der Waals surface area contributed by atoms with Gasteiger partial charge < -0.3 is 13.8 Å². The summed E-state index contributed by atoms with van der Waals surface area (Å²) >= 11 is 0. The lowest BCUT2D eigenvalue weighted by atomic mass is 10.1. The molecule has 0 aromatic heterocycles. The third kappa shape index (κ3) is 13.6. The first kappa shape index (κ1) is 27.6. The van der Waals surface area contributed by atoms with Gasteiger partial charge in [-0.1, -0.05) is 88.8 Å². The van der Waals surface area contributed by atoms with Crippen molar-refractivity contribution in [2.45, 2.75) is 90.6 Å². The lowest BCUT2D eigenvalue weighted by Crippen LogP contribution is -2.14. The van der Waals surface area contributed by atoms with Gasteiger partial charge in [0.05, 0.1) is 12.7 Å². The molecule has 184 valence electrons. The molecule has 0 amide bonds. The highest BCUT2D eigenvalue weighted by atomic mass is 31.2. The molecule has 2 aromatic rings. The molecule has 33 heavy (non-hydrogen) atoms. The van der Waals surface area contributed by atoms with Crippen molar-refractivity contribution in [1.29, 1.82) is 0 Å². The highest BCUT2D eigenvalue weighted by Gasteiger charge is 2.17. The van der Waals surface area contributed by atoms with E-state index < -0.39 is 8.60 Å². The Hall–Kier alpha value is -1.61. The fourth-order valence-corrected chi connectivity index (χ4v) is 4.59. The maximum atomic E-state index is 6.19. The fraction of sp³-hybridized carbons (Fsp3) is 0.571. The first-order valence-corrected chi connectivity index (χ1v) is 13.9. The summed E-state index contributed by atoms with van der Waals surface area (Å²) in [5.74, 6) is 1.51. The minimum atomic E-state index is -1.50. The molecule has 1 atom stereocenters. The van der Waals surface area contributed by atoms with Crippen LogP contribution in [-0.2, 0) is 9.26 Å². The van der Waals surface area contributed by atoms with Crippen LogP contribution in [0.2, 0.25) is 0 Å². The molecule has 0 saturated heterocycles. The molecule has 5 heteroatoms. The quantitative estimate of drug-likeness (QED) is 0.142. The zero-order valence-electron chi connectivity index (χ0n) is 20.6. The summed E-state index contributed by atoms with van der Waals surface area (Å²) in [6, 6.07) is 19.4. The second-order valence-corrected chi connectivity index (χ2v) is 9.48. The maximum absolute atomic E-state index is 6.19. The molecule has 0 aliphatic heterocycles. The number of para-hydroxylation sites is 2. The van der Waals surface area contributed by atoms with Gasteiger partial charge in [0.1, 0.15) is 11.5 Å². The lowest BCUT2D eigenvalue weighted by molar-refractivity contribution is 0.0364. The second-order valence-electron chi connectivity index (χ2n) is 8.41. The Labute approximate surface area is 203 Å². The summed E-state index contributed by atoms with van der Waals surface area (Å²) in [5.41, 5.74) is 0. The lowest BCUT2D eigenvalue weighted by Gasteiger charge is -2.19. The molecule has 4 nitrogen and oxygen atoms in total. The highest BCUT2D eigenvalue weighted by molar-refractivity contribution is 7.42. The first-order valence-electron chi connectivity index (χ1n) is 12.8. The van der Waals surface area contributed by atoms with Crippen LogP contribution in [0, 0.1) is 0 Å². The molecule has 2 aromatic carbocycles. The third-order valence-electron chi connectivity index (χ3n) is 5.43. The Balaban J connectivity index is 1.67. The van der Waals surface area contributed by atoms with Crippen LogP contribution in [0.4, 0.5) is 0 Å². The summed E-state index contributed by atoms with van der Waals surface area (Å²) in [4.78, 5) is 0. The van der Waals surface area contributed by atoms with E-state index in [4.69, 9.17) is 18.3 Å². The van der Waals surface area contributed by atoms with E-state index in [-0.39, 0.29) is 0 Å². The van der Waals surface area contributed by atoms with Crippen LogP contribution in [0.25, 0.3) is 0 Å². The van der Waals surface area contributed by atoms with Crippen molar-refractivity contribution in [2.24, 2.45) is 0 Å². The summed E-state index contributed by atoms with van der Waals surface area (Å²) in [6.45, 7) is 6.01. The summed E-state index contributed by atoms with van der Waals surface area (Å²) in [6.07, 6.45) is 13.6. The molecule has 0 N–H and O–H groups in total. The van der Waals surface area contributed by atoms with E-state index in [9.17, 15) is 0 Å².